The van der Waals surface area contributed by atoms with Crippen molar-refractivity contribution in [1.29, 1.82) is 0 Å². The van der Waals surface area contributed by atoms with E-state index in [1.807, 2.05) is 24.3 Å². The molecular weight excluding hydrogens is 472 g/mol. The molecule has 6 rings (SSSR count). The predicted molar refractivity (Wildman–Crippen MR) is 139 cm³/mol. The van der Waals surface area contributed by atoms with Gasteiger partial charge in [-0.05, 0) is 56.1 Å². The molecule has 3 heterocycles. The van der Waals surface area contributed by atoms with Gasteiger partial charge < -0.3 is 19.2 Å². The van der Waals surface area contributed by atoms with Gasteiger partial charge in [0.05, 0.1) is 24.2 Å². The molecule has 37 heavy (non-hydrogen) atoms. The summed E-state index contributed by atoms with van der Waals surface area (Å²) in [5, 5.41) is 13.4. The molecule has 4 aliphatic rings. The number of aliphatic carboxylic acids is 1. The standard InChI is InChI=1S/C28H36N4O5/c1-36-30-26(28(34)35)25-27(33)32(24-9-5-4-8-23(24)29-25)20-13-21-15-37-16-22(14-20)31(21)19-11-17-6-2-3-7-18(10-17)12-19/h4-5,8-9,17-22H,2-3,6-7,10-16H2,1H3,(H,34,35)/b30-26-/t17?,18?,19?,20?,21-,22+. The fraction of sp³-hybridized carbons (Fsp3) is 0.643. The van der Waals surface area contributed by atoms with Gasteiger partial charge in [0.2, 0.25) is 5.71 Å². The molecule has 9 nitrogen and oxygen atoms in total. The second-order valence-electron chi connectivity index (χ2n) is 11.3. The molecule has 1 aromatic carbocycles. The molecule has 2 aliphatic carbocycles. The van der Waals surface area contributed by atoms with Crippen LogP contribution in [0.25, 0.3) is 11.0 Å². The minimum absolute atomic E-state index is 0.0715. The lowest BCUT2D eigenvalue weighted by Gasteiger charge is -2.54. The van der Waals surface area contributed by atoms with Crippen LogP contribution < -0.4 is 5.56 Å². The minimum atomic E-state index is -1.34. The van der Waals surface area contributed by atoms with E-state index < -0.39 is 17.2 Å². The van der Waals surface area contributed by atoms with Crippen molar-refractivity contribution in [3.05, 3.63) is 40.3 Å². The second kappa shape index (κ2) is 10.2. The Labute approximate surface area is 216 Å². The van der Waals surface area contributed by atoms with Gasteiger partial charge in [-0.3, -0.25) is 9.69 Å². The summed E-state index contributed by atoms with van der Waals surface area (Å²) in [7, 11) is 1.26. The SMILES string of the molecule is CO/N=C(\C(=O)O)c1nc2ccccc2n(C2C[C@H]3COC[C@@H](C2)N3C2CC3CCCCC(C3)C2)c1=O. The number of hydrogen-bond acceptors (Lipinski definition) is 7. The Hall–Kier alpha value is -2.78. The number of morpholine rings is 1. The number of piperidine rings is 1. The van der Waals surface area contributed by atoms with Crippen LogP contribution in [0.5, 0.6) is 0 Å². The lowest BCUT2D eigenvalue weighted by atomic mass is 9.75. The number of oxime groups is 1. The van der Waals surface area contributed by atoms with Crippen LogP contribution in [0.2, 0.25) is 0 Å². The van der Waals surface area contributed by atoms with Gasteiger partial charge in [-0.2, -0.15) is 0 Å². The molecule has 3 unspecified atom stereocenters. The first-order chi connectivity index (χ1) is 18.0. The fourth-order valence-corrected chi connectivity index (χ4v) is 7.78. The highest BCUT2D eigenvalue weighted by atomic mass is 16.6. The number of carboxylic acids is 1. The first kappa shape index (κ1) is 24.6. The quantitative estimate of drug-likeness (QED) is 0.486. The summed E-state index contributed by atoms with van der Waals surface area (Å²) < 4.78 is 7.82. The number of carboxylic acid groups (broad SMARTS) is 1. The van der Waals surface area contributed by atoms with Crippen LogP contribution in [-0.4, -0.2) is 69.7 Å². The number of rotatable bonds is 5. The van der Waals surface area contributed by atoms with Crippen molar-refractivity contribution in [3.63, 3.8) is 0 Å². The molecule has 0 amide bonds. The van der Waals surface area contributed by atoms with Gasteiger partial charge in [-0.15, -0.1) is 0 Å². The Kier molecular flexibility index (Phi) is 6.75. The van der Waals surface area contributed by atoms with Crippen molar-refractivity contribution < 1.29 is 19.5 Å². The average Bonchev–Trinajstić information content (AvgIpc) is 3.05. The number of carbonyl (C=O) groups is 1. The second-order valence-corrected chi connectivity index (χ2v) is 11.3. The number of para-hydroxylation sites is 2. The molecule has 2 saturated heterocycles. The van der Waals surface area contributed by atoms with Gasteiger partial charge >= 0.3 is 5.97 Å². The highest BCUT2D eigenvalue weighted by molar-refractivity contribution is 6.41. The van der Waals surface area contributed by atoms with Crippen molar-refractivity contribution in [2.75, 3.05) is 20.3 Å². The molecule has 198 valence electrons. The minimum Gasteiger partial charge on any atom is -0.476 e. The topological polar surface area (TPSA) is 106 Å². The zero-order valence-corrected chi connectivity index (χ0v) is 21.4. The lowest BCUT2D eigenvalue weighted by molar-refractivity contribution is -0.129. The summed E-state index contributed by atoms with van der Waals surface area (Å²) >= 11 is 0. The van der Waals surface area contributed by atoms with Crippen LogP contribution >= 0.6 is 0 Å². The molecule has 1 aromatic heterocycles. The van der Waals surface area contributed by atoms with Crippen molar-refractivity contribution in [1.82, 2.24) is 14.5 Å². The number of benzene rings is 1. The van der Waals surface area contributed by atoms with Gasteiger partial charge in [0, 0.05) is 24.2 Å². The number of hydrogen-bond donors (Lipinski definition) is 1. The molecule has 4 bridgehead atoms. The van der Waals surface area contributed by atoms with Crippen molar-refractivity contribution in [2.45, 2.75) is 82.0 Å². The van der Waals surface area contributed by atoms with E-state index in [2.05, 4.69) is 15.0 Å². The summed E-state index contributed by atoms with van der Waals surface area (Å²) in [5.41, 5.74) is 0.200. The normalized spacial score (nSPS) is 32.6. The largest absolute Gasteiger partial charge is 0.476 e. The van der Waals surface area contributed by atoms with E-state index in [0.29, 0.717) is 24.8 Å². The van der Waals surface area contributed by atoms with Gasteiger partial charge in [0.15, 0.2) is 5.69 Å². The molecular formula is C28H36N4O5. The molecule has 4 fully saturated rings. The van der Waals surface area contributed by atoms with E-state index in [0.717, 1.165) is 30.2 Å². The fourth-order valence-electron chi connectivity index (χ4n) is 7.78. The number of nitrogens with zero attached hydrogens (tertiary/aromatic N) is 4. The average molecular weight is 509 g/mol. The van der Waals surface area contributed by atoms with Crippen molar-refractivity contribution >= 4 is 22.7 Å². The van der Waals surface area contributed by atoms with E-state index in [4.69, 9.17) is 9.57 Å². The van der Waals surface area contributed by atoms with Crippen molar-refractivity contribution in [2.24, 2.45) is 17.0 Å². The van der Waals surface area contributed by atoms with Crippen LogP contribution in [-0.2, 0) is 14.4 Å². The van der Waals surface area contributed by atoms with E-state index in [1.165, 1.54) is 52.1 Å². The summed E-state index contributed by atoms with van der Waals surface area (Å²) in [4.78, 5) is 37.7. The number of fused-ring (bicyclic) bond motifs is 5. The molecule has 0 spiro atoms. The Morgan fingerprint density at radius 3 is 2.32 bits per heavy atom. The Morgan fingerprint density at radius 1 is 1.00 bits per heavy atom. The van der Waals surface area contributed by atoms with E-state index in [1.54, 1.807) is 4.57 Å². The zero-order valence-electron chi connectivity index (χ0n) is 21.4. The molecule has 2 aromatic rings. The van der Waals surface area contributed by atoms with Crippen LogP contribution in [0, 0.1) is 11.8 Å². The first-order valence-corrected chi connectivity index (χ1v) is 13.7. The Bertz CT molecular complexity index is 1230. The summed E-state index contributed by atoms with van der Waals surface area (Å²) in [5.74, 6) is 0.344. The van der Waals surface area contributed by atoms with E-state index in [9.17, 15) is 14.7 Å². The molecule has 1 N–H and O–H groups in total. The number of ether oxygens (including phenoxy) is 1. The van der Waals surface area contributed by atoms with Crippen LogP contribution in [0.1, 0.15) is 69.5 Å². The van der Waals surface area contributed by atoms with E-state index >= 15 is 0 Å². The van der Waals surface area contributed by atoms with E-state index in [-0.39, 0.29) is 23.8 Å². The Morgan fingerprint density at radius 2 is 1.68 bits per heavy atom. The third-order valence-corrected chi connectivity index (χ3v) is 9.10. The molecule has 0 radical (unpaired) electrons. The Balaban J connectivity index is 1.36. The summed E-state index contributed by atoms with van der Waals surface area (Å²) in [6, 6.07) is 8.45. The monoisotopic (exact) mass is 508 g/mol. The highest BCUT2D eigenvalue weighted by Crippen LogP contribution is 2.44. The summed E-state index contributed by atoms with van der Waals surface area (Å²) in [6.45, 7) is 1.35. The van der Waals surface area contributed by atoms with Crippen molar-refractivity contribution in [3.8, 4) is 0 Å². The van der Waals surface area contributed by atoms with Gasteiger partial charge in [-0.1, -0.05) is 43.0 Å². The molecule has 9 heteroatoms. The zero-order chi connectivity index (χ0) is 25.5. The van der Waals surface area contributed by atoms with Gasteiger partial charge in [0.1, 0.15) is 7.11 Å². The predicted octanol–water partition coefficient (Wildman–Crippen LogP) is 3.59. The van der Waals surface area contributed by atoms with Gasteiger partial charge in [-0.25, -0.2) is 9.78 Å². The molecule has 2 saturated carbocycles. The maximum absolute atomic E-state index is 13.8. The van der Waals surface area contributed by atoms with Gasteiger partial charge in [0.25, 0.3) is 5.56 Å². The molecule has 2 aliphatic heterocycles. The van der Waals surface area contributed by atoms with Crippen LogP contribution in [0.3, 0.4) is 0 Å². The highest BCUT2D eigenvalue weighted by Gasteiger charge is 2.46. The third kappa shape index (κ3) is 4.56. The molecule has 5 atom stereocenters. The summed E-state index contributed by atoms with van der Waals surface area (Å²) in [6.07, 6.45) is 11.0. The maximum atomic E-state index is 13.8. The third-order valence-electron chi connectivity index (χ3n) is 9.10. The maximum Gasteiger partial charge on any atom is 0.360 e. The lowest BCUT2D eigenvalue weighted by Crippen LogP contribution is -2.62. The smallest absolute Gasteiger partial charge is 0.360 e. The number of aromatic nitrogens is 2. The van der Waals surface area contributed by atoms with Crippen LogP contribution in [0.4, 0.5) is 0 Å². The van der Waals surface area contributed by atoms with Crippen LogP contribution in [0.15, 0.2) is 34.2 Å². The first-order valence-electron chi connectivity index (χ1n) is 13.7.